The molecule has 2 heterocycles. The van der Waals surface area contributed by atoms with Crippen LogP contribution in [0.15, 0.2) is 0 Å². The van der Waals surface area contributed by atoms with Gasteiger partial charge >= 0.3 is 0 Å². The van der Waals surface area contributed by atoms with Gasteiger partial charge in [0.2, 0.25) is 11.8 Å². The van der Waals surface area contributed by atoms with Gasteiger partial charge in [0.25, 0.3) is 0 Å². The second-order valence-electron chi connectivity index (χ2n) is 7.23. The normalized spacial score (nSPS) is 28.0. The Morgan fingerprint density at radius 1 is 1.09 bits per heavy atom. The Morgan fingerprint density at radius 2 is 1.73 bits per heavy atom. The zero-order valence-corrected chi connectivity index (χ0v) is 14.5. The van der Waals surface area contributed by atoms with Gasteiger partial charge in [0.15, 0.2) is 0 Å². The number of carbonyl (C=O) groups excluding carboxylic acids is 2. The largest absolute Gasteiger partial charge is 0.352 e. The van der Waals surface area contributed by atoms with Gasteiger partial charge in [-0.1, -0.05) is 13.8 Å². The van der Waals surface area contributed by atoms with Crippen LogP contribution >= 0.6 is 0 Å². The van der Waals surface area contributed by atoms with Gasteiger partial charge in [-0.05, 0) is 46.2 Å². The summed E-state index contributed by atoms with van der Waals surface area (Å²) in [6, 6.07) is 0.668. The molecule has 5 nitrogen and oxygen atoms in total. The first-order valence-corrected chi connectivity index (χ1v) is 8.69. The van der Waals surface area contributed by atoms with Crippen molar-refractivity contribution >= 4 is 11.8 Å². The van der Waals surface area contributed by atoms with E-state index in [1.807, 2.05) is 18.7 Å². The van der Waals surface area contributed by atoms with E-state index in [0.29, 0.717) is 6.04 Å². The summed E-state index contributed by atoms with van der Waals surface area (Å²) in [5.74, 6) is 0.504. The van der Waals surface area contributed by atoms with Gasteiger partial charge in [0.05, 0.1) is 0 Å². The Balaban J connectivity index is 1.81. The van der Waals surface area contributed by atoms with Crippen LogP contribution in [0.5, 0.6) is 0 Å². The molecule has 5 heteroatoms. The fraction of sp³-hybridized carbons (Fsp3) is 0.882. The van der Waals surface area contributed by atoms with Crippen LogP contribution < -0.4 is 5.32 Å². The molecule has 0 spiro atoms. The van der Waals surface area contributed by atoms with Crippen molar-refractivity contribution in [3.63, 3.8) is 0 Å². The van der Waals surface area contributed by atoms with Crippen LogP contribution in [0.4, 0.5) is 0 Å². The molecule has 2 aliphatic rings. The summed E-state index contributed by atoms with van der Waals surface area (Å²) < 4.78 is 0. The molecule has 2 atom stereocenters. The van der Waals surface area contributed by atoms with Gasteiger partial charge in [-0.3, -0.25) is 9.59 Å². The number of nitrogens with one attached hydrogen (secondary N) is 1. The fourth-order valence-electron chi connectivity index (χ4n) is 3.53. The third kappa shape index (κ3) is 4.00. The summed E-state index contributed by atoms with van der Waals surface area (Å²) in [5.41, 5.74) is 0. The van der Waals surface area contributed by atoms with Crippen molar-refractivity contribution in [2.75, 3.05) is 26.7 Å². The van der Waals surface area contributed by atoms with Crippen molar-refractivity contribution in [2.24, 2.45) is 11.8 Å². The molecule has 0 saturated carbocycles. The van der Waals surface area contributed by atoms with Crippen LogP contribution in [-0.4, -0.2) is 60.4 Å². The minimum absolute atomic E-state index is 0.0454. The van der Waals surface area contributed by atoms with Crippen LogP contribution in [0.25, 0.3) is 0 Å². The van der Waals surface area contributed by atoms with E-state index < -0.39 is 0 Å². The predicted molar refractivity (Wildman–Crippen MR) is 87.4 cm³/mol. The molecule has 2 rings (SSSR count). The predicted octanol–water partition coefficient (Wildman–Crippen LogP) is 1.48. The Kier molecular flexibility index (Phi) is 5.84. The lowest BCUT2D eigenvalue weighted by atomic mass is 9.92. The second kappa shape index (κ2) is 7.44. The molecular formula is C17H31N3O2. The molecule has 126 valence electrons. The maximum atomic E-state index is 12.5. The number of likely N-dealkylation sites (tertiary alicyclic amines) is 2. The standard InChI is InChI=1S/C17H31N3O2/c1-12(2)17(22)20-10-7-14(8-11-20)16(21)18-15-6-5-9-19(4)13(15)3/h12-15H,5-11H2,1-4H3,(H,18,21)/t13-,15+/m0/s1. The Morgan fingerprint density at radius 3 is 2.32 bits per heavy atom. The number of carbonyl (C=O) groups is 2. The zero-order chi connectivity index (χ0) is 16.3. The lowest BCUT2D eigenvalue weighted by Gasteiger charge is -2.39. The molecule has 0 aromatic carbocycles. The Labute approximate surface area is 134 Å². The van der Waals surface area contributed by atoms with Gasteiger partial charge < -0.3 is 15.1 Å². The van der Waals surface area contributed by atoms with Crippen molar-refractivity contribution in [2.45, 2.75) is 58.5 Å². The zero-order valence-electron chi connectivity index (χ0n) is 14.5. The molecule has 0 aromatic rings. The average Bonchev–Trinajstić information content (AvgIpc) is 2.51. The van der Waals surface area contributed by atoms with E-state index in [0.717, 1.165) is 45.3 Å². The van der Waals surface area contributed by atoms with Gasteiger partial charge in [0.1, 0.15) is 0 Å². The highest BCUT2D eigenvalue weighted by molar-refractivity contribution is 5.81. The van der Waals surface area contributed by atoms with Gasteiger partial charge in [0, 0.05) is 37.0 Å². The topological polar surface area (TPSA) is 52.7 Å². The van der Waals surface area contributed by atoms with E-state index in [2.05, 4.69) is 24.2 Å². The number of piperidine rings is 2. The van der Waals surface area contributed by atoms with Gasteiger partial charge in [-0.2, -0.15) is 0 Å². The lowest BCUT2D eigenvalue weighted by Crippen LogP contribution is -2.54. The lowest BCUT2D eigenvalue weighted by molar-refractivity contribution is -0.138. The molecular weight excluding hydrogens is 278 g/mol. The first-order chi connectivity index (χ1) is 10.4. The molecule has 0 aromatic heterocycles. The summed E-state index contributed by atoms with van der Waals surface area (Å²) >= 11 is 0. The third-order valence-electron chi connectivity index (χ3n) is 5.30. The number of amides is 2. The molecule has 22 heavy (non-hydrogen) atoms. The third-order valence-corrected chi connectivity index (χ3v) is 5.30. The number of hydrogen-bond donors (Lipinski definition) is 1. The monoisotopic (exact) mass is 309 g/mol. The van der Waals surface area contributed by atoms with Crippen LogP contribution in [0.2, 0.25) is 0 Å². The van der Waals surface area contributed by atoms with Crippen LogP contribution in [0.1, 0.15) is 46.5 Å². The van der Waals surface area contributed by atoms with Gasteiger partial charge in [-0.25, -0.2) is 0 Å². The second-order valence-corrected chi connectivity index (χ2v) is 7.23. The highest BCUT2D eigenvalue weighted by atomic mass is 16.2. The Bertz CT molecular complexity index is 403. The van der Waals surface area contributed by atoms with Crippen LogP contribution in [0.3, 0.4) is 0 Å². The highest BCUT2D eigenvalue weighted by Crippen LogP contribution is 2.21. The first-order valence-electron chi connectivity index (χ1n) is 8.69. The molecule has 2 aliphatic heterocycles. The van der Waals surface area contributed by atoms with E-state index in [4.69, 9.17) is 0 Å². The van der Waals surface area contributed by atoms with Crippen LogP contribution in [-0.2, 0) is 9.59 Å². The first kappa shape index (κ1) is 17.3. The quantitative estimate of drug-likeness (QED) is 0.859. The van der Waals surface area contributed by atoms with Crippen molar-refractivity contribution in [3.8, 4) is 0 Å². The smallest absolute Gasteiger partial charge is 0.225 e. The molecule has 0 bridgehead atoms. The van der Waals surface area contributed by atoms with E-state index in [-0.39, 0.29) is 29.7 Å². The van der Waals surface area contributed by atoms with E-state index in [9.17, 15) is 9.59 Å². The molecule has 2 saturated heterocycles. The van der Waals surface area contributed by atoms with Crippen molar-refractivity contribution in [1.29, 1.82) is 0 Å². The maximum Gasteiger partial charge on any atom is 0.225 e. The minimum atomic E-state index is 0.0454. The van der Waals surface area contributed by atoms with E-state index in [1.54, 1.807) is 0 Å². The Hall–Kier alpha value is -1.10. The summed E-state index contributed by atoms with van der Waals surface area (Å²) in [4.78, 5) is 28.7. The number of likely N-dealkylation sites (N-methyl/N-ethyl adjacent to an activating group) is 1. The molecule has 0 radical (unpaired) electrons. The van der Waals surface area contributed by atoms with Gasteiger partial charge in [-0.15, -0.1) is 0 Å². The molecule has 0 aliphatic carbocycles. The van der Waals surface area contributed by atoms with E-state index >= 15 is 0 Å². The SMILES string of the molecule is CC(C)C(=O)N1CCC(C(=O)N[C@@H]2CCCN(C)[C@H]2C)CC1. The average molecular weight is 309 g/mol. The maximum absolute atomic E-state index is 12.5. The van der Waals surface area contributed by atoms with Crippen molar-refractivity contribution in [3.05, 3.63) is 0 Å². The number of hydrogen-bond acceptors (Lipinski definition) is 3. The van der Waals surface area contributed by atoms with Crippen LogP contribution in [0, 0.1) is 11.8 Å². The number of nitrogens with zero attached hydrogens (tertiary/aromatic N) is 2. The summed E-state index contributed by atoms with van der Waals surface area (Å²) in [6.07, 6.45) is 3.80. The van der Waals surface area contributed by atoms with E-state index in [1.165, 1.54) is 0 Å². The fourth-order valence-corrected chi connectivity index (χ4v) is 3.53. The molecule has 0 unspecified atom stereocenters. The highest BCUT2D eigenvalue weighted by Gasteiger charge is 2.32. The molecule has 2 amide bonds. The summed E-state index contributed by atoms with van der Waals surface area (Å²) in [6.45, 7) is 8.60. The molecule has 1 N–H and O–H groups in total. The summed E-state index contributed by atoms with van der Waals surface area (Å²) in [7, 11) is 2.12. The minimum Gasteiger partial charge on any atom is -0.352 e. The number of rotatable bonds is 3. The summed E-state index contributed by atoms with van der Waals surface area (Å²) in [5, 5.41) is 3.25. The van der Waals surface area contributed by atoms with Crippen molar-refractivity contribution in [1.82, 2.24) is 15.1 Å². The van der Waals surface area contributed by atoms with Crippen molar-refractivity contribution < 1.29 is 9.59 Å². The molecule has 2 fully saturated rings.